The second-order valence-electron chi connectivity index (χ2n) is 6.82. The van der Waals surface area contributed by atoms with Crippen LogP contribution in [-0.2, 0) is 11.3 Å². The highest BCUT2D eigenvalue weighted by Gasteiger charge is 2.44. The van der Waals surface area contributed by atoms with Crippen LogP contribution in [0.3, 0.4) is 0 Å². The van der Waals surface area contributed by atoms with Gasteiger partial charge >= 0.3 is 6.36 Å². The molecule has 1 saturated heterocycles. The number of nitrogens with zero attached hydrogens (tertiary/aromatic N) is 4. The third kappa shape index (κ3) is 4.39. The largest absolute Gasteiger partial charge is 0.573 e. The molecule has 0 aliphatic carbocycles. The third-order valence-electron chi connectivity index (χ3n) is 4.77. The Morgan fingerprint density at radius 2 is 1.84 bits per heavy atom. The van der Waals surface area contributed by atoms with E-state index in [-0.39, 0.29) is 12.3 Å². The number of nitrogens with one attached hydrogen (secondary N) is 1. The van der Waals surface area contributed by atoms with E-state index in [0.29, 0.717) is 22.5 Å². The molecule has 4 atom stereocenters. The average molecular weight is 441 g/mol. The van der Waals surface area contributed by atoms with Crippen molar-refractivity contribution in [2.45, 2.75) is 37.4 Å². The number of rotatable bonds is 6. The van der Waals surface area contributed by atoms with Gasteiger partial charge in [-0.25, -0.2) is 15.0 Å². The molecule has 1 aromatic carbocycles. The summed E-state index contributed by atoms with van der Waals surface area (Å²) in [5.41, 5.74) is 1.35. The van der Waals surface area contributed by atoms with Crippen LogP contribution in [0.5, 0.6) is 5.75 Å². The summed E-state index contributed by atoms with van der Waals surface area (Å²) in [6, 6.07) is 5.36. The zero-order valence-electron chi connectivity index (χ0n) is 15.8. The van der Waals surface area contributed by atoms with Gasteiger partial charge in [-0.2, -0.15) is 0 Å². The fourth-order valence-corrected chi connectivity index (χ4v) is 3.27. The fourth-order valence-electron chi connectivity index (χ4n) is 3.27. The van der Waals surface area contributed by atoms with Crippen LogP contribution in [0.2, 0.25) is 0 Å². The van der Waals surface area contributed by atoms with Gasteiger partial charge < -0.3 is 30.1 Å². The topological polar surface area (TPSA) is 135 Å². The highest BCUT2D eigenvalue weighted by atomic mass is 19.4. The average Bonchev–Trinajstić information content (AvgIpc) is 3.28. The zero-order valence-corrected chi connectivity index (χ0v) is 15.8. The minimum absolute atomic E-state index is 0.235. The minimum atomic E-state index is -4.75. The second-order valence-corrected chi connectivity index (χ2v) is 6.82. The van der Waals surface area contributed by atoms with E-state index < -0.39 is 37.5 Å². The van der Waals surface area contributed by atoms with E-state index in [9.17, 15) is 28.5 Å². The summed E-state index contributed by atoms with van der Waals surface area (Å²) in [6.45, 7) is -0.227. The number of aromatic nitrogens is 4. The Bertz CT molecular complexity index is 1050. The molecule has 10 nitrogen and oxygen atoms in total. The molecular weight excluding hydrogens is 423 g/mol. The van der Waals surface area contributed by atoms with Crippen molar-refractivity contribution >= 4 is 17.0 Å². The van der Waals surface area contributed by atoms with Crippen LogP contribution < -0.4 is 10.1 Å². The first-order valence-electron chi connectivity index (χ1n) is 9.15. The lowest BCUT2D eigenvalue weighted by Gasteiger charge is -2.16. The monoisotopic (exact) mass is 441 g/mol. The summed E-state index contributed by atoms with van der Waals surface area (Å²) in [5, 5.41) is 32.5. The summed E-state index contributed by atoms with van der Waals surface area (Å²) in [4.78, 5) is 12.5. The fraction of sp³-hybridized carbons (Fsp3) is 0.389. The van der Waals surface area contributed by atoms with Crippen LogP contribution in [0.1, 0.15) is 11.8 Å². The van der Waals surface area contributed by atoms with E-state index >= 15 is 0 Å². The van der Waals surface area contributed by atoms with Gasteiger partial charge in [-0.05, 0) is 17.7 Å². The molecule has 2 aromatic heterocycles. The number of imidazole rings is 1. The van der Waals surface area contributed by atoms with E-state index in [2.05, 4.69) is 25.0 Å². The molecule has 4 N–H and O–H groups in total. The summed E-state index contributed by atoms with van der Waals surface area (Å²) in [6.07, 6.45) is -6.62. The van der Waals surface area contributed by atoms with Crippen LogP contribution in [0.4, 0.5) is 19.0 Å². The van der Waals surface area contributed by atoms with Gasteiger partial charge in [0, 0.05) is 6.54 Å². The zero-order chi connectivity index (χ0) is 22.2. The lowest BCUT2D eigenvalue weighted by atomic mass is 10.1. The Hall–Kier alpha value is -3.00. The molecular formula is C18H18F3N5O5. The van der Waals surface area contributed by atoms with E-state index in [0.717, 1.165) is 0 Å². The maximum absolute atomic E-state index is 12.3. The summed E-state index contributed by atoms with van der Waals surface area (Å²) in [7, 11) is 0. The summed E-state index contributed by atoms with van der Waals surface area (Å²) >= 11 is 0. The van der Waals surface area contributed by atoms with E-state index in [1.165, 1.54) is 41.5 Å². The molecule has 1 aliphatic rings. The number of benzene rings is 1. The van der Waals surface area contributed by atoms with Crippen molar-refractivity contribution in [1.82, 2.24) is 19.5 Å². The number of fused-ring (bicyclic) bond motifs is 1. The van der Waals surface area contributed by atoms with Crippen molar-refractivity contribution in [1.29, 1.82) is 0 Å². The van der Waals surface area contributed by atoms with Gasteiger partial charge in [-0.15, -0.1) is 13.2 Å². The predicted molar refractivity (Wildman–Crippen MR) is 98.8 cm³/mol. The quantitative estimate of drug-likeness (QED) is 0.441. The van der Waals surface area contributed by atoms with E-state index in [1.807, 2.05) is 0 Å². The molecule has 0 bridgehead atoms. The molecule has 2 unspecified atom stereocenters. The van der Waals surface area contributed by atoms with Crippen molar-refractivity contribution in [3.63, 3.8) is 0 Å². The van der Waals surface area contributed by atoms with E-state index in [4.69, 9.17) is 4.74 Å². The molecule has 0 radical (unpaired) electrons. The Morgan fingerprint density at radius 1 is 1.10 bits per heavy atom. The number of anilines is 1. The number of aliphatic hydroxyl groups excluding tert-OH is 3. The number of hydrogen-bond donors (Lipinski definition) is 4. The lowest BCUT2D eigenvalue weighted by Crippen LogP contribution is -2.33. The van der Waals surface area contributed by atoms with Gasteiger partial charge in [0.05, 0.1) is 12.9 Å². The minimum Gasteiger partial charge on any atom is -0.406 e. The molecule has 31 heavy (non-hydrogen) atoms. The number of ether oxygens (including phenoxy) is 2. The van der Waals surface area contributed by atoms with Gasteiger partial charge in [-0.3, -0.25) is 4.57 Å². The van der Waals surface area contributed by atoms with Crippen LogP contribution in [0.15, 0.2) is 36.9 Å². The van der Waals surface area contributed by atoms with E-state index in [1.54, 1.807) is 0 Å². The molecule has 3 heterocycles. The molecule has 0 amide bonds. The van der Waals surface area contributed by atoms with Gasteiger partial charge in [-0.1, -0.05) is 12.1 Å². The Kier molecular flexibility index (Phi) is 5.66. The maximum atomic E-state index is 12.3. The molecule has 0 spiro atoms. The van der Waals surface area contributed by atoms with Crippen LogP contribution in [-0.4, -0.2) is 66.1 Å². The number of hydrogen-bond acceptors (Lipinski definition) is 9. The molecule has 0 saturated carbocycles. The summed E-state index contributed by atoms with van der Waals surface area (Å²) < 4.78 is 47.5. The van der Waals surface area contributed by atoms with Crippen molar-refractivity contribution in [3.05, 3.63) is 42.5 Å². The molecule has 1 fully saturated rings. The first-order valence-corrected chi connectivity index (χ1v) is 9.15. The molecule has 3 aromatic rings. The molecule has 4 rings (SSSR count). The van der Waals surface area contributed by atoms with Crippen molar-refractivity contribution in [3.8, 4) is 5.75 Å². The summed E-state index contributed by atoms with van der Waals surface area (Å²) in [5.74, 6) is 0.0315. The maximum Gasteiger partial charge on any atom is 0.573 e. The van der Waals surface area contributed by atoms with Gasteiger partial charge in [0.2, 0.25) is 0 Å². The standard InChI is InChI=1S/C18H18F3N5O5/c19-18(20,21)31-10-3-1-9(2-4-10)5-22-15-12-16(24-7-23-15)26(8-25-12)17-14(29)13(28)11(6-27)30-17/h1-4,7-8,11,13-14,17,27-29H,5-6H2,(H,22,23,24)/t11?,13-,14-,17?/m0/s1. The van der Waals surface area contributed by atoms with Crippen molar-refractivity contribution in [2.24, 2.45) is 0 Å². The first kappa shape index (κ1) is 21.2. The van der Waals surface area contributed by atoms with Crippen LogP contribution in [0, 0.1) is 0 Å². The van der Waals surface area contributed by atoms with Gasteiger partial charge in [0.25, 0.3) is 0 Å². The number of halogens is 3. The second kappa shape index (κ2) is 8.26. The number of alkyl halides is 3. The molecule has 13 heteroatoms. The van der Waals surface area contributed by atoms with Crippen LogP contribution >= 0.6 is 0 Å². The highest BCUT2D eigenvalue weighted by molar-refractivity contribution is 5.82. The van der Waals surface area contributed by atoms with Gasteiger partial charge in [0.1, 0.15) is 30.4 Å². The first-order chi connectivity index (χ1) is 14.8. The Labute approximate surface area is 172 Å². The Balaban J connectivity index is 1.50. The predicted octanol–water partition coefficient (Wildman–Crippen LogP) is 0.949. The Morgan fingerprint density at radius 3 is 2.48 bits per heavy atom. The SMILES string of the molecule is OCC1OC(n2cnc3c(NCc4ccc(OC(F)(F)F)cc4)ncnc32)[C@@H](O)[C@H]1O. The van der Waals surface area contributed by atoms with Crippen LogP contribution in [0.25, 0.3) is 11.2 Å². The van der Waals surface area contributed by atoms with Crippen molar-refractivity contribution in [2.75, 3.05) is 11.9 Å². The molecule has 166 valence electrons. The molecule has 1 aliphatic heterocycles. The van der Waals surface area contributed by atoms with Gasteiger partial charge in [0.15, 0.2) is 23.2 Å². The number of aliphatic hydroxyl groups is 3. The smallest absolute Gasteiger partial charge is 0.406 e. The third-order valence-corrected chi connectivity index (χ3v) is 4.77. The normalized spacial score (nSPS) is 23.9. The van der Waals surface area contributed by atoms with Crippen molar-refractivity contribution < 1.29 is 38.0 Å². The highest BCUT2D eigenvalue weighted by Crippen LogP contribution is 2.32. The lowest BCUT2D eigenvalue weighted by molar-refractivity contribution is -0.274.